The zero-order chi connectivity index (χ0) is 15.2. The van der Waals surface area contributed by atoms with E-state index in [2.05, 4.69) is 31.5 Å². The maximum absolute atomic E-state index is 3.84. The van der Waals surface area contributed by atoms with Crippen LogP contribution in [0.25, 0.3) is 0 Å². The van der Waals surface area contributed by atoms with E-state index in [0.717, 1.165) is 5.92 Å². The van der Waals surface area contributed by atoms with E-state index in [1.54, 1.807) is 0 Å². The van der Waals surface area contributed by atoms with Gasteiger partial charge in [0.05, 0.1) is 0 Å². The molecule has 0 saturated heterocycles. The molecule has 0 aromatic rings. The normalized spacial score (nSPS) is 24.6. The zero-order valence-electron chi connectivity index (χ0n) is 14.8. The van der Waals surface area contributed by atoms with Crippen molar-refractivity contribution in [1.29, 1.82) is 0 Å². The van der Waals surface area contributed by atoms with Gasteiger partial charge in [-0.05, 0) is 63.5 Å². The SMILES string of the molecule is CNC1(CCNCC2(CC(C)C)CCCC2)CCCCC1. The van der Waals surface area contributed by atoms with Gasteiger partial charge in [0, 0.05) is 12.1 Å². The number of rotatable bonds is 8. The summed E-state index contributed by atoms with van der Waals surface area (Å²) in [6, 6.07) is 0. The highest BCUT2D eigenvalue weighted by Crippen LogP contribution is 2.42. The minimum absolute atomic E-state index is 0.437. The van der Waals surface area contributed by atoms with Gasteiger partial charge < -0.3 is 10.6 Å². The molecule has 2 fully saturated rings. The van der Waals surface area contributed by atoms with Crippen LogP contribution in [0.3, 0.4) is 0 Å². The van der Waals surface area contributed by atoms with Gasteiger partial charge in [0.1, 0.15) is 0 Å². The van der Waals surface area contributed by atoms with Crippen molar-refractivity contribution >= 4 is 0 Å². The Labute approximate surface area is 132 Å². The molecule has 124 valence electrons. The smallest absolute Gasteiger partial charge is 0.0190 e. The fraction of sp³-hybridized carbons (Fsp3) is 1.00. The average molecular weight is 295 g/mol. The third kappa shape index (κ3) is 4.96. The average Bonchev–Trinajstić information content (AvgIpc) is 2.93. The van der Waals surface area contributed by atoms with Crippen LogP contribution in [-0.4, -0.2) is 25.7 Å². The molecule has 0 spiro atoms. The van der Waals surface area contributed by atoms with Crippen molar-refractivity contribution in [3.8, 4) is 0 Å². The van der Waals surface area contributed by atoms with E-state index in [1.807, 2.05) is 0 Å². The third-order valence-corrected chi connectivity index (χ3v) is 6.13. The monoisotopic (exact) mass is 294 g/mol. The molecule has 0 bridgehead atoms. The molecular weight excluding hydrogens is 256 g/mol. The topological polar surface area (TPSA) is 24.1 Å². The van der Waals surface area contributed by atoms with Gasteiger partial charge in [-0.25, -0.2) is 0 Å². The molecule has 0 unspecified atom stereocenters. The minimum atomic E-state index is 0.437. The second-order valence-electron chi connectivity index (χ2n) is 8.32. The molecule has 2 aliphatic carbocycles. The summed E-state index contributed by atoms with van der Waals surface area (Å²) in [5.41, 5.74) is 1.06. The first-order chi connectivity index (χ1) is 10.1. The largest absolute Gasteiger partial charge is 0.316 e. The van der Waals surface area contributed by atoms with Crippen LogP contribution in [0.1, 0.15) is 84.5 Å². The van der Waals surface area contributed by atoms with Crippen LogP contribution in [0.5, 0.6) is 0 Å². The predicted octanol–water partition coefficient (Wildman–Crippen LogP) is 4.49. The standard InChI is InChI=1S/C19H38N2/c1-17(2)15-18(9-7-8-10-18)16-21-14-13-19(20-3)11-5-4-6-12-19/h17,20-21H,4-16H2,1-3H3. The van der Waals surface area contributed by atoms with Crippen LogP contribution in [0.15, 0.2) is 0 Å². The first-order valence-corrected chi connectivity index (χ1v) is 9.49. The maximum Gasteiger partial charge on any atom is 0.0190 e. The lowest BCUT2D eigenvalue weighted by molar-refractivity contribution is 0.203. The van der Waals surface area contributed by atoms with Gasteiger partial charge in [0.2, 0.25) is 0 Å². The Balaban J connectivity index is 1.74. The van der Waals surface area contributed by atoms with Crippen LogP contribution >= 0.6 is 0 Å². The Morgan fingerprint density at radius 2 is 1.52 bits per heavy atom. The zero-order valence-corrected chi connectivity index (χ0v) is 14.8. The van der Waals surface area contributed by atoms with Crippen molar-refractivity contribution in [2.75, 3.05) is 20.1 Å². The summed E-state index contributed by atoms with van der Waals surface area (Å²) in [7, 11) is 2.17. The lowest BCUT2D eigenvalue weighted by Crippen LogP contribution is -2.47. The second kappa shape index (κ2) is 7.97. The van der Waals surface area contributed by atoms with Gasteiger partial charge in [-0.1, -0.05) is 46.0 Å². The quantitative estimate of drug-likeness (QED) is 0.644. The van der Waals surface area contributed by atoms with Gasteiger partial charge in [0.25, 0.3) is 0 Å². The van der Waals surface area contributed by atoms with Gasteiger partial charge in [-0.2, -0.15) is 0 Å². The Kier molecular flexibility index (Phi) is 6.55. The van der Waals surface area contributed by atoms with Crippen molar-refractivity contribution in [1.82, 2.24) is 10.6 Å². The first kappa shape index (κ1) is 17.3. The Morgan fingerprint density at radius 1 is 0.905 bits per heavy atom. The highest BCUT2D eigenvalue weighted by Gasteiger charge is 2.34. The van der Waals surface area contributed by atoms with Crippen molar-refractivity contribution in [2.45, 2.75) is 90.0 Å². The number of hydrogen-bond donors (Lipinski definition) is 2. The summed E-state index contributed by atoms with van der Waals surface area (Å²) in [5, 5.41) is 7.49. The van der Waals surface area contributed by atoms with Gasteiger partial charge >= 0.3 is 0 Å². The number of hydrogen-bond acceptors (Lipinski definition) is 2. The van der Waals surface area contributed by atoms with Crippen molar-refractivity contribution < 1.29 is 0 Å². The number of nitrogens with one attached hydrogen (secondary N) is 2. The molecule has 2 aliphatic rings. The fourth-order valence-electron chi connectivity index (χ4n) is 4.98. The Bertz CT molecular complexity index is 286. The molecule has 0 amide bonds. The molecule has 0 radical (unpaired) electrons. The summed E-state index contributed by atoms with van der Waals surface area (Å²) >= 11 is 0. The highest BCUT2D eigenvalue weighted by molar-refractivity contribution is 4.91. The maximum atomic E-state index is 3.84. The van der Waals surface area contributed by atoms with E-state index in [9.17, 15) is 0 Å². The van der Waals surface area contributed by atoms with E-state index >= 15 is 0 Å². The molecule has 2 saturated carbocycles. The fourth-order valence-corrected chi connectivity index (χ4v) is 4.98. The Hall–Kier alpha value is -0.0800. The Morgan fingerprint density at radius 3 is 2.10 bits per heavy atom. The second-order valence-corrected chi connectivity index (χ2v) is 8.32. The molecule has 0 atom stereocenters. The van der Waals surface area contributed by atoms with Gasteiger partial charge in [-0.3, -0.25) is 0 Å². The van der Waals surface area contributed by atoms with Crippen LogP contribution in [0.2, 0.25) is 0 Å². The van der Waals surface area contributed by atoms with Crippen LogP contribution < -0.4 is 10.6 Å². The van der Waals surface area contributed by atoms with E-state index in [-0.39, 0.29) is 0 Å². The first-order valence-electron chi connectivity index (χ1n) is 9.49. The van der Waals surface area contributed by atoms with Crippen molar-refractivity contribution in [3.63, 3.8) is 0 Å². The minimum Gasteiger partial charge on any atom is -0.316 e. The molecule has 2 N–H and O–H groups in total. The molecule has 2 nitrogen and oxygen atoms in total. The molecule has 0 aromatic carbocycles. The highest BCUT2D eigenvalue weighted by atomic mass is 15.0. The predicted molar refractivity (Wildman–Crippen MR) is 92.7 cm³/mol. The van der Waals surface area contributed by atoms with Crippen molar-refractivity contribution in [3.05, 3.63) is 0 Å². The summed E-state index contributed by atoms with van der Waals surface area (Å²) in [4.78, 5) is 0. The van der Waals surface area contributed by atoms with Crippen molar-refractivity contribution in [2.24, 2.45) is 11.3 Å². The molecular formula is C19H38N2. The van der Waals surface area contributed by atoms with Crippen LogP contribution in [0.4, 0.5) is 0 Å². The molecule has 0 heterocycles. The van der Waals surface area contributed by atoms with Gasteiger partial charge in [0.15, 0.2) is 0 Å². The van der Waals surface area contributed by atoms with Gasteiger partial charge in [-0.15, -0.1) is 0 Å². The van der Waals surface area contributed by atoms with E-state index in [0.29, 0.717) is 11.0 Å². The van der Waals surface area contributed by atoms with Crippen LogP contribution in [-0.2, 0) is 0 Å². The summed E-state index contributed by atoms with van der Waals surface area (Å²) in [6.07, 6.45) is 15.6. The van der Waals surface area contributed by atoms with E-state index in [1.165, 1.54) is 83.7 Å². The molecule has 2 rings (SSSR count). The van der Waals surface area contributed by atoms with E-state index in [4.69, 9.17) is 0 Å². The summed E-state index contributed by atoms with van der Waals surface area (Å²) in [6.45, 7) is 7.22. The van der Waals surface area contributed by atoms with E-state index < -0.39 is 0 Å². The summed E-state index contributed by atoms with van der Waals surface area (Å²) in [5.74, 6) is 0.840. The molecule has 0 aliphatic heterocycles. The third-order valence-electron chi connectivity index (χ3n) is 6.13. The molecule has 2 heteroatoms. The molecule has 21 heavy (non-hydrogen) atoms. The molecule has 0 aromatic heterocycles. The summed E-state index contributed by atoms with van der Waals surface area (Å²) < 4.78 is 0. The van der Waals surface area contributed by atoms with Crippen LogP contribution in [0, 0.1) is 11.3 Å². The lowest BCUT2D eigenvalue weighted by atomic mass is 9.78. The lowest BCUT2D eigenvalue weighted by Gasteiger charge is -2.38.